The van der Waals surface area contributed by atoms with Gasteiger partial charge in [0.15, 0.2) is 18.2 Å². The lowest BCUT2D eigenvalue weighted by molar-refractivity contribution is 0.0600. The van der Waals surface area contributed by atoms with Crippen molar-refractivity contribution in [2.24, 2.45) is 0 Å². The van der Waals surface area contributed by atoms with Crippen LogP contribution >= 0.6 is 0 Å². The zero-order chi connectivity index (χ0) is 24.5. The summed E-state index contributed by atoms with van der Waals surface area (Å²) in [5.74, 6) is 0.945. The van der Waals surface area contributed by atoms with Crippen LogP contribution in [0.1, 0.15) is 15.9 Å². The molecular weight excluding hydrogens is 450 g/mol. The lowest BCUT2D eigenvalue weighted by Gasteiger charge is -2.32. The first-order chi connectivity index (χ1) is 17.0. The maximum absolute atomic E-state index is 12.6. The van der Waals surface area contributed by atoms with E-state index in [1.165, 1.54) is 27.4 Å². The van der Waals surface area contributed by atoms with E-state index in [2.05, 4.69) is 0 Å². The van der Waals surface area contributed by atoms with Gasteiger partial charge in [-0.3, -0.25) is 0 Å². The molecule has 5 rings (SSSR count). The van der Waals surface area contributed by atoms with Crippen LogP contribution in [0.15, 0.2) is 69.9 Å². The second kappa shape index (κ2) is 9.06. The fraction of sp³-hybridized carbons (Fsp3) is 0.185. The van der Waals surface area contributed by atoms with E-state index in [-0.39, 0.29) is 6.73 Å². The predicted molar refractivity (Wildman–Crippen MR) is 130 cm³/mol. The van der Waals surface area contributed by atoms with Crippen molar-refractivity contribution in [3.63, 3.8) is 0 Å². The van der Waals surface area contributed by atoms with Crippen LogP contribution in [0.25, 0.3) is 22.1 Å². The minimum Gasteiger partial charge on any atom is -0.493 e. The summed E-state index contributed by atoms with van der Waals surface area (Å²) in [4.78, 5) is 27.0. The van der Waals surface area contributed by atoms with E-state index in [1.54, 1.807) is 12.1 Å². The summed E-state index contributed by atoms with van der Waals surface area (Å²) >= 11 is 0. The number of carbonyl (C=O) groups excluding carboxylic acids is 1. The summed E-state index contributed by atoms with van der Waals surface area (Å²) < 4.78 is 27.5. The maximum atomic E-state index is 12.6. The van der Waals surface area contributed by atoms with Crippen molar-refractivity contribution in [3.8, 4) is 28.4 Å². The molecule has 1 aromatic heterocycles. The van der Waals surface area contributed by atoms with E-state index in [9.17, 15) is 9.59 Å². The highest BCUT2D eigenvalue weighted by atomic mass is 16.5. The SMILES string of the molecule is COC(=O)c1cc(OC)c(OC)cc1N1COc2ccc3c(-c4ccccc4)cc(=O)oc3c2C1. The van der Waals surface area contributed by atoms with Gasteiger partial charge in [-0.2, -0.15) is 0 Å². The molecule has 0 atom stereocenters. The third kappa shape index (κ3) is 3.93. The quantitative estimate of drug-likeness (QED) is 0.307. The third-order valence-electron chi connectivity index (χ3n) is 6.03. The molecule has 0 saturated carbocycles. The predicted octanol–water partition coefficient (Wildman–Crippen LogP) is 4.62. The Hall–Kier alpha value is -4.46. The van der Waals surface area contributed by atoms with Gasteiger partial charge in [-0.15, -0.1) is 0 Å². The van der Waals surface area contributed by atoms with Gasteiger partial charge in [0, 0.05) is 23.6 Å². The normalized spacial score (nSPS) is 12.6. The molecule has 0 amide bonds. The highest BCUT2D eigenvalue weighted by Crippen LogP contribution is 2.40. The average molecular weight is 473 g/mol. The second-order valence-corrected chi connectivity index (χ2v) is 7.95. The number of methoxy groups -OCH3 is 3. The van der Waals surface area contributed by atoms with Crippen molar-refractivity contribution in [3.05, 3.63) is 82.2 Å². The first-order valence-electron chi connectivity index (χ1n) is 10.9. The number of hydrogen-bond donors (Lipinski definition) is 0. The Bertz CT molecular complexity index is 1480. The first kappa shape index (κ1) is 22.3. The Morgan fingerprint density at radius 1 is 0.943 bits per heavy atom. The minimum atomic E-state index is -0.525. The van der Waals surface area contributed by atoms with Crippen LogP contribution < -0.4 is 24.7 Å². The molecule has 4 aromatic rings. The summed E-state index contributed by atoms with van der Waals surface area (Å²) in [5, 5.41) is 0.792. The molecule has 2 heterocycles. The van der Waals surface area contributed by atoms with Crippen LogP contribution in [0.5, 0.6) is 17.2 Å². The van der Waals surface area contributed by atoms with Crippen LogP contribution in [-0.2, 0) is 11.3 Å². The van der Waals surface area contributed by atoms with Crippen LogP contribution in [0.3, 0.4) is 0 Å². The topological polar surface area (TPSA) is 87.4 Å². The van der Waals surface area contributed by atoms with Crippen molar-refractivity contribution in [1.82, 2.24) is 0 Å². The number of nitrogens with zero attached hydrogens (tertiary/aromatic N) is 1. The zero-order valence-electron chi connectivity index (χ0n) is 19.5. The molecule has 0 aliphatic carbocycles. The van der Waals surface area contributed by atoms with Crippen molar-refractivity contribution >= 4 is 22.6 Å². The summed E-state index contributed by atoms with van der Waals surface area (Å²) in [6, 6.07) is 18.2. The number of carbonyl (C=O) groups is 1. The van der Waals surface area contributed by atoms with E-state index in [4.69, 9.17) is 23.4 Å². The molecule has 178 valence electrons. The van der Waals surface area contributed by atoms with Crippen molar-refractivity contribution in [2.45, 2.75) is 6.54 Å². The number of benzene rings is 3. The van der Waals surface area contributed by atoms with Gasteiger partial charge in [-0.1, -0.05) is 30.3 Å². The highest BCUT2D eigenvalue weighted by molar-refractivity contribution is 5.98. The molecule has 0 spiro atoms. The van der Waals surface area contributed by atoms with Crippen LogP contribution in [0.2, 0.25) is 0 Å². The molecule has 0 N–H and O–H groups in total. The monoisotopic (exact) mass is 473 g/mol. The molecule has 8 nitrogen and oxygen atoms in total. The number of fused-ring (bicyclic) bond motifs is 3. The second-order valence-electron chi connectivity index (χ2n) is 7.95. The number of anilines is 1. The Kier molecular flexibility index (Phi) is 5.78. The molecule has 1 aliphatic heterocycles. The Balaban J connectivity index is 1.66. The van der Waals surface area contributed by atoms with E-state index >= 15 is 0 Å². The summed E-state index contributed by atoms with van der Waals surface area (Å²) in [5.41, 5.74) is 3.21. The van der Waals surface area contributed by atoms with Crippen molar-refractivity contribution in [1.29, 1.82) is 0 Å². The van der Waals surface area contributed by atoms with Crippen molar-refractivity contribution in [2.75, 3.05) is 33.0 Å². The summed E-state index contributed by atoms with van der Waals surface area (Å²) in [6.07, 6.45) is 0. The van der Waals surface area contributed by atoms with E-state index in [0.717, 1.165) is 16.5 Å². The minimum absolute atomic E-state index is 0.167. The molecule has 35 heavy (non-hydrogen) atoms. The van der Waals surface area contributed by atoms with E-state index in [1.807, 2.05) is 47.4 Å². The van der Waals surface area contributed by atoms with Gasteiger partial charge in [0.2, 0.25) is 0 Å². The van der Waals surface area contributed by atoms with Gasteiger partial charge in [-0.25, -0.2) is 9.59 Å². The zero-order valence-corrected chi connectivity index (χ0v) is 19.5. The van der Waals surface area contributed by atoms with E-state index < -0.39 is 11.6 Å². The molecule has 0 saturated heterocycles. The number of hydrogen-bond acceptors (Lipinski definition) is 8. The third-order valence-corrected chi connectivity index (χ3v) is 6.03. The molecule has 3 aromatic carbocycles. The van der Waals surface area contributed by atoms with Crippen LogP contribution in [-0.4, -0.2) is 34.0 Å². The maximum Gasteiger partial charge on any atom is 0.340 e. The Labute approximate surface area is 201 Å². The molecular formula is C27H23NO7. The van der Waals surface area contributed by atoms with Crippen molar-refractivity contribution < 1.29 is 28.2 Å². The first-order valence-corrected chi connectivity index (χ1v) is 10.9. The summed E-state index contributed by atoms with van der Waals surface area (Å²) in [7, 11) is 4.34. The lowest BCUT2D eigenvalue weighted by Crippen LogP contribution is -2.33. The fourth-order valence-electron chi connectivity index (χ4n) is 4.35. The number of ether oxygens (including phenoxy) is 4. The van der Waals surface area contributed by atoms with Gasteiger partial charge < -0.3 is 28.3 Å². The van der Waals surface area contributed by atoms with Crippen LogP contribution in [0, 0.1) is 0 Å². The molecule has 0 bridgehead atoms. The number of esters is 1. The van der Waals surface area contributed by atoms with Gasteiger partial charge >= 0.3 is 11.6 Å². The van der Waals surface area contributed by atoms with E-state index in [0.29, 0.717) is 46.2 Å². The molecule has 1 aliphatic rings. The van der Waals surface area contributed by atoms with Gasteiger partial charge in [0.1, 0.15) is 11.3 Å². The fourth-order valence-corrected chi connectivity index (χ4v) is 4.35. The lowest BCUT2D eigenvalue weighted by atomic mass is 9.99. The molecule has 0 unspecified atom stereocenters. The smallest absolute Gasteiger partial charge is 0.340 e. The molecule has 0 fully saturated rings. The van der Waals surface area contributed by atoms with Crippen LogP contribution in [0.4, 0.5) is 5.69 Å². The average Bonchev–Trinajstić information content (AvgIpc) is 2.91. The largest absolute Gasteiger partial charge is 0.493 e. The standard InChI is InChI=1S/C27H23NO7/c1-31-23-11-19(27(30)33-3)21(13-24(23)32-2)28-14-20-22(34-15-28)10-9-17-18(12-25(29)35-26(17)20)16-7-5-4-6-8-16/h4-13H,14-15H2,1-3H3. The highest BCUT2D eigenvalue weighted by Gasteiger charge is 2.27. The Morgan fingerprint density at radius 2 is 1.69 bits per heavy atom. The number of rotatable bonds is 5. The van der Waals surface area contributed by atoms with Gasteiger partial charge in [-0.05, 0) is 23.3 Å². The van der Waals surface area contributed by atoms with Gasteiger partial charge in [0.25, 0.3) is 0 Å². The summed E-state index contributed by atoms with van der Waals surface area (Å²) in [6.45, 7) is 0.494. The van der Waals surface area contributed by atoms with Gasteiger partial charge in [0.05, 0.1) is 44.7 Å². The molecule has 0 radical (unpaired) electrons. The molecule has 8 heteroatoms. The Morgan fingerprint density at radius 3 is 2.40 bits per heavy atom.